The lowest BCUT2D eigenvalue weighted by Gasteiger charge is -2.44. The summed E-state index contributed by atoms with van der Waals surface area (Å²) in [6.07, 6.45) is 17.4. The molecule has 0 aromatic heterocycles. The van der Waals surface area contributed by atoms with E-state index < -0.39 is 23.7 Å². The first kappa shape index (κ1) is 28.9. The molecule has 0 saturated heterocycles. The summed E-state index contributed by atoms with van der Waals surface area (Å²) in [6, 6.07) is 0. The van der Waals surface area contributed by atoms with Gasteiger partial charge in [0.05, 0.1) is 23.7 Å². The summed E-state index contributed by atoms with van der Waals surface area (Å²) in [6.45, 7) is 10.7. The molecule has 7 atom stereocenters. The summed E-state index contributed by atoms with van der Waals surface area (Å²) in [7, 11) is 0. The number of carbonyl (C=O) groups is 1. The summed E-state index contributed by atoms with van der Waals surface area (Å²) in [4.78, 5) is 12.8. The number of aliphatic hydroxyl groups excluding tert-OH is 3. The van der Waals surface area contributed by atoms with Crippen LogP contribution in [0.2, 0.25) is 0 Å². The average molecular weight is 529 g/mol. The highest BCUT2D eigenvalue weighted by Gasteiger charge is 2.54. The van der Waals surface area contributed by atoms with E-state index in [9.17, 15) is 20.1 Å². The van der Waals surface area contributed by atoms with E-state index in [-0.39, 0.29) is 10.5 Å². The maximum atomic E-state index is 12.8. The van der Waals surface area contributed by atoms with Crippen LogP contribution in [0.1, 0.15) is 91.4 Å². The summed E-state index contributed by atoms with van der Waals surface area (Å²) in [5.74, 6) is 2.33. The minimum atomic E-state index is -0.674. The Morgan fingerprint density at radius 1 is 1.14 bits per heavy atom. The zero-order chi connectivity index (χ0) is 26.8. The van der Waals surface area contributed by atoms with E-state index >= 15 is 0 Å². The van der Waals surface area contributed by atoms with Crippen molar-refractivity contribution in [2.45, 2.75) is 110 Å². The predicted octanol–water partition coefficient (Wildman–Crippen LogP) is 6.52. The third-order valence-corrected chi connectivity index (χ3v) is 11.2. The van der Waals surface area contributed by atoms with Crippen molar-refractivity contribution in [3.63, 3.8) is 0 Å². The highest BCUT2D eigenvalue weighted by molar-refractivity contribution is 8.13. The topological polar surface area (TPSA) is 77.8 Å². The van der Waals surface area contributed by atoms with Gasteiger partial charge in [-0.3, -0.25) is 4.79 Å². The van der Waals surface area contributed by atoms with Crippen LogP contribution in [0.4, 0.5) is 0 Å². The number of fused-ring (bicyclic) bond motifs is 1. The molecule has 4 nitrogen and oxygen atoms in total. The molecule has 0 bridgehead atoms. The number of rotatable bonds is 9. The predicted molar refractivity (Wildman–Crippen MR) is 153 cm³/mol. The Morgan fingerprint density at radius 2 is 1.84 bits per heavy atom. The number of hydrogen-bond donors (Lipinski definition) is 3. The number of allylic oxidation sites excluding steroid dienone is 4. The largest absolute Gasteiger partial charge is 0.388 e. The van der Waals surface area contributed by atoms with Gasteiger partial charge in [-0.25, -0.2) is 0 Å². The normalized spacial score (nSPS) is 36.0. The third kappa shape index (κ3) is 6.05. The van der Waals surface area contributed by atoms with Crippen LogP contribution in [-0.4, -0.2) is 44.5 Å². The minimum absolute atomic E-state index is 0.178. The second-order valence-corrected chi connectivity index (χ2v) is 13.6. The van der Waals surface area contributed by atoms with Crippen molar-refractivity contribution in [1.29, 1.82) is 0 Å². The first-order valence-corrected chi connectivity index (χ1v) is 15.6. The lowest BCUT2D eigenvalue weighted by molar-refractivity contribution is -0.118. The standard InChI is InChI=1S/C32H48O4S/c1-5-6-18-37-30(36)32(16-17-32)29(35)14-9-21(2)25-12-13-26-24(8-7-15-31(25,26)4)11-10-23-19-27(33)22(3)28(34)20-23/h9-11,14,21,25-29,33-35H,3,5-8,12-13,15-20H2,1-2,4H3/t21-,25-,26+,27-,28-,29+,31-/m1/s1. The lowest BCUT2D eigenvalue weighted by Crippen LogP contribution is -2.35. The molecule has 4 aliphatic carbocycles. The number of carbonyl (C=O) groups excluding carboxylic acids is 1. The molecule has 206 valence electrons. The Labute approximate surface area is 228 Å². The van der Waals surface area contributed by atoms with Crippen LogP contribution >= 0.6 is 11.8 Å². The molecule has 3 N–H and O–H groups in total. The minimum Gasteiger partial charge on any atom is -0.388 e. The van der Waals surface area contributed by atoms with Crippen molar-refractivity contribution in [2.24, 2.45) is 28.6 Å². The summed E-state index contributed by atoms with van der Waals surface area (Å²) in [5.41, 5.74) is 2.84. The molecule has 4 fully saturated rings. The SMILES string of the molecule is C=C1[C@H](O)CC(=CC=C2CCC[C@]3(C)[C@@H]([C@H](C)C=C[C@H](O)C4(C(=O)SCCCC)CC4)CC[C@@H]23)C[C@H]1O. The van der Waals surface area contributed by atoms with Crippen LogP contribution in [0.15, 0.2) is 47.6 Å². The van der Waals surface area contributed by atoms with Gasteiger partial charge in [-0.2, -0.15) is 0 Å². The van der Waals surface area contributed by atoms with Crippen molar-refractivity contribution in [1.82, 2.24) is 0 Å². The van der Waals surface area contributed by atoms with Gasteiger partial charge in [-0.05, 0) is 93.0 Å². The van der Waals surface area contributed by atoms with Crippen molar-refractivity contribution in [3.8, 4) is 0 Å². The molecule has 0 spiro atoms. The zero-order valence-corrected chi connectivity index (χ0v) is 23.9. The Kier molecular flexibility index (Phi) is 9.31. The van der Waals surface area contributed by atoms with E-state index in [1.807, 2.05) is 6.08 Å². The van der Waals surface area contributed by atoms with E-state index in [0.717, 1.165) is 43.4 Å². The van der Waals surface area contributed by atoms with Gasteiger partial charge in [0.2, 0.25) is 0 Å². The van der Waals surface area contributed by atoms with Crippen LogP contribution < -0.4 is 0 Å². The molecule has 0 radical (unpaired) electrons. The Balaban J connectivity index is 1.40. The van der Waals surface area contributed by atoms with Gasteiger partial charge in [0.15, 0.2) is 5.12 Å². The smallest absolute Gasteiger partial charge is 0.198 e. The van der Waals surface area contributed by atoms with Crippen LogP contribution in [-0.2, 0) is 4.79 Å². The summed E-state index contributed by atoms with van der Waals surface area (Å²) in [5, 5.41) is 31.5. The van der Waals surface area contributed by atoms with Crippen LogP contribution in [0.25, 0.3) is 0 Å². The molecule has 0 heterocycles. The second kappa shape index (κ2) is 11.9. The van der Waals surface area contributed by atoms with Crippen molar-refractivity contribution in [2.75, 3.05) is 5.75 Å². The molecular weight excluding hydrogens is 480 g/mol. The molecule has 4 saturated carbocycles. The van der Waals surface area contributed by atoms with Crippen molar-refractivity contribution in [3.05, 3.63) is 47.6 Å². The fourth-order valence-electron chi connectivity index (χ4n) is 7.38. The molecule has 0 aliphatic heterocycles. The second-order valence-electron chi connectivity index (χ2n) is 12.5. The third-order valence-electron chi connectivity index (χ3n) is 10.1. The van der Waals surface area contributed by atoms with E-state index in [4.69, 9.17) is 0 Å². The molecule has 5 heteroatoms. The zero-order valence-electron chi connectivity index (χ0n) is 23.1. The van der Waals surface area contributed by atoms with Gasteiger partial charge < -0.3 is 15.3 Å². The van der Waals surface area contributed by atoms with Gasteiger partial charge in [-0.15, -0.1) is 0 Å². The van der Waals surface area contributed by atoms with Gasteiger partial charge in [0.1, 0.15) is 0 Å². The van der Waals surface area contributed by atoms with Crippen molar-refractivity contribution >= 4 is 16.9 Å². The van der Waals surface area contributed by atoms with Gasteiger partial charge in [0, 0.05) is 5.75 Å². The average Bonchev–Trinajstić information content (AvgIpc) is 3.60. The highest BCUT2D eigenvalue weighted by Crippen LogP contribution is 2.60. The van der Waals surface area contributed by atoms with Crippen LogP contribution in [0.5, 0.6) is 0 Å². The van der Waals surface area contributed by atoms with Crippen LogP contribution in [0, 0.1) is 28.6 Å². The quantitative estimate of drug-likeness (QED) is 0.235. The number of aliphatic hydroxyl groups is 3. The van der Waals surface area contributed by atoms with E-state index in [1.54, 1.807) is 0 Å². The molecule has 0 aromatic rings. The molecule has 4 rings (SSSR count). The monoisotopic (exact) mass is 528 g/mol. The number of hydrogen-bond acceptors (Lipinski definition) is 5. The summed E-state index contributed by atoms with van der Waals surface area (Å²) >= 11 is 1.41. The number of unbranched alkanes of at least 4 members (excludes halogenated alkanes) is 1. The first-order chi connectivity index (χ1) is 17.6. The van der Waals surface area contributed by atoms with Gasteiger partial charge in [-0.1, -0.05) is 81.0 Å². The van der Waals surface area contributed by atoms with Gasteiger partial charge in [0.25, 0.3) is 0 Å². The molecule has 37 heavy (non-hydrogen) atoms. The van der Waals surface area contributed by atoms with E-state index in [2.05, 4.69) is 45.6 Å². The Bertz CT molecular complexity index is 928. The van der Waals surface area contributed by atoms with E-state index in [1.165, 1.54) is 43.0 Å². The molecule has 0 amide bonds. The van der Waals surface area contributed by atoms with Crippen molar-refractivity contribution < 1.29 is 20.1 Å². The van der Waals surface area contributed by atoms with Gasteiger partial charge >= 0.3 is 0 Å². The summed E-state index contributed by atoms with van der Waals surface area (Å²) < 4.78 is 0. The Hall–Kier alpha value is -1.14. The lowest BCUT2D eigenvalue weighted by atomic mass is 9.61. The maximum Gasteiger partial charge on any atom is 0.198 e. The molecule has 0 unspecified atom stereocenters. The molecule has 0 aromatic carbocycles. The maximum absolute atomic E-state index is 12.8. The van der Waals surface area contributed by atoms with E-state index in [0.29, 0.717) is 36.2 Å². The Morgan fingerprint density at radius 3 is 2.49 bits per heavy atom. The molecule has 4 aliphatic rings. The first-order valence-electron chi connectivity index (χ1n) is 14.6. The fraction of sp³-hybridized carbons (Fsp3) is 0.719. The highest BCUT2D eigenvalue weighted by atomic mass is 32.2. The fourth-order valence-corrected chi connectivity index (χ4v) is 8.61. The molecular formula is C32H48O4S. The van der Waals surface area contributed by atoms with Crippen LogP contribution in [0.3, 0.4) is 0 Å². The number of thioether (sulfide) groups is 1.